The molecule has 0 aromatic heterocycles. The third-order valence-corrected chi connectivity index (χ3v) is 2.94. The summed E-state index contributed by atoms with van der Waals surface area (Å²) in [4.78, 5) is 13.2. The molecule has 0 radical (unpaired) electrons. The average Bonchev–Trinajstić information content (AvgIpc) is 2.61. The molecule has 86 valence electrons. The molecule has 1 fully saturated rings. The van der Waals surface area contributed by atoms with E-state index in [0.29, 0.717) is 19.5 Å². The molecule has 2 rings (SSSR count). The number of hydrogen-bond acceptors (Lipinski definition) is 3. The van der Waals surface area contributed by atoms with E-state index in [-0.39, 0.29) is 11.9 Å². The number of hydrogen-bond donors (Lipinski definition) is 2. The number of aliphatic hydroxyl groups excluding tert-OH is 1. The number of nitrogens with two attached hydrogens (primary N) is 1. The smallest absolute Gasteiger partial charge is 0.234 e. The maximum Gasteiger partial charge on any atom is 0.234 e. The number of likely N-dealkylation sites (tertiary alicyclic amines) is 1. The molecule has 0 saturated carbocycles. The van der Waals surface area contributed by atoms with Crippen molar-refractivity contribution in [1.29, 1.82) is 0 Å². The monoisotopic (exact) mass is 220 g/mol. The van der Waals surface area contributed by atoms with Gasteiger partial charge in [-0.1, -0.05) is 30.3 Å². The van der Waals surface area contributed by atoms with Crippen molar-refractivity contribution >= 4 is 5.91 Å². The van der Waals surface area contributed by atoms with Crippen molar-refractivity contribution < 1.29 is 9.90 Å². The molecule has 1 saturated heterocycles. The van der Waals surface area contributed by atoms with Gasteiger partial charge < -0.3 is 10.8 Å². The lowest BCUT2D eigenvalue weighted by atomic mass is 10.1. The van der Waals surface area contributed by atoms with E-state index in [0.717, 1.165) is 5.56 Å². The number of rotatable bonds is 3. The molecule has 0 aliphatic carbocycles. The second-order valence-electron chi connectivity index (χ2n) is 4.22. The highest BCUT2D eigenvalue weighted by Crippen LogP contribution is 2.20. The zero-order chi connectivity index (χ0) is 11.5. The molecule has 16 heavy (non-hydrogen) atoms. The highest BCUT2D eigenvalue weighted by atomic mass is 16.3. The largest absolute Gasteiger partial charge is 0.392 e. The molecular formula is C12H16N2O2. The van der Waals surface area contributed by atoms with Gasteiger partial charge in [-0.2, -0.15) is 0 Å². The van der Waals surface area contributed by atoms with Crippen molar-refractivity contribution in [1.82, 2.24) is 4.90 Å². The second-order valence-corrected chi connectivity index (χ2v) is 4.22. The minimum atomic E-state index is -0.443. The fourth-order valence-electron chi connectivity index (χ4n) is 2.17. The van der Waals surface area contributed by atoms with Crippen LogP contribution in [0.3, 0.4) is 0 Å². The van der Waals surface area contributed by atoms with Crippen molar-refractivity contribution in [2.24, 2.45) is 5.73 Å². The van der Waals surface area contributed by atoms with E-state index in [9.17, 15) is 9.90 Å². The molecule has 1 aliphatic rings. The van der Waals surface area contributed by atoms with E-state index in [1.807, 2.05) is 35.2 Å². The van der Waals surface area contributed by atoms with Crippen molar-refractivity contribution in [2.45, 2.75) is 25.1 Å². The van der Waals surface area contributed by atoms with Gasteiger partial charge in [-0.05, 0) is 12.0 Å². The predicted molar refractivity (Wildman–Crippen MR) is 60.5 cm³/mol. The van der Waals surface area contributed by atoms with Gasteiger partial charge in [0.15, 0.2) is 0 Å². The first-order valence-corrected chi connectivity index (χ1v) is 5.42. The van der Waals surface area contributed by atoms with Crippen LogP contribution in [0.5, 0.6) is 0 Å². The summed E-state index contributed by atoms with van der Waals surface area (Å²) < 4.78 is 0. The van der Waals surface area contributed by atoms with Crippen LogP contribution in [0.15, 0.2) is 30.3 Å². The number of carbonyl (C=O) groups is 1. The molecule has 0 spiro atoms. The molecule has 4 heteroatoms. The summed E-state index contributed by atoms with van der Waals surface area (Å²) in [6, 6.07) is 9.54. The number of aliphatic hydroxyl groups is 1. The van der Waals surface area contributed by atoms with Crippen LogP contribution < -0.4 is 5.73 Å². The van der Waals surface area contributed by atoms with Gasteiger partial charge in [0.05, 0.1) is 12.1 Å². The molecule has 1 aromatic carbocycles. The topological polar surface area (TPSA) is 66.6 Å². The maximum atomic E-state index is 11.2. The van der Waals surface area contributed by atoms with Crippen LogP contribution in [0.1, 0.15) is 12.0 Å². The van der Waals surface area contributed by atoms with E-state index >= 15 is 0 Å². The first-order chi connectivity index (χ1) is 7.66. The normalized spacial score (nSPS) is 25.8. The van der Waals surface area contributed by atoms with E-state index in [1.165, 1.54) is 0 Å². The average molecular weight is 220 g/mol. The van der Waals surface area contributed by atoms with E-state index < -0.39 is 6.10 Å². The van der Waals surface area contributed by atoms with Gasteiger partial charge in [0, 0.05) is 13.1 Å². The lowest BCUT2D eigenvalue weighted by Gasteiger charge is -2.21. The van der Waals surface area contributed by atoms with Crippen LogP contribution in [0.25, 0.3) is 0 Å². The maximum absolute atomic E-state index is 11.2. The molecule has 1 amide bonds. The van der Waals surface area contributed by atoms with Gasteiger partial charge in [0.1, 0.15) is 0 Å². The van der Waals surface area contributed by atoms with Crippen LogP contribution in [-0.2, 0) is 11.3 Å². The summed E-state index contributed by atoms with van der Waals surface area (Å²) in [5.74, 6) is -0.354. The quantitative estimate of drug-likeness (QED) is 0.759. The van der Waals surface area contributed by atoms with Crippen molar-refractivity contribution in [3.05, 3.63) is 35.9 Å². The van der Waals surface area contributed by atoms with Crippen LogP contribution >= 0.6 is 0 Å². The van der Waals surface area contributed by atoms with Gasteiger partial charge in [0.2, 0.25) is 5.91 Å². The molecule has 4 nitrogen and oxygen atoms in total. The zero-order valence-electron chi connectivity index (χ0n) is 9.04. The number of nitrogens with zero attached hydrogens (tertiary/aromatic N) is 1. The second kappa shape index (κ2) is 4.63. The Morgan fingerprint density at radius 2 is 2.12 bits per heavy atom. The van der Waals surface area contributed by atoms with Gasteiger partial charge in [-0.15, -0.1) is 0 Å². The highest BCUT2D eigenvalue weighted by Gasteiger charge is 2.34. The number of carbonyl (C=O) groups excluding carboxylic acids is 1. The molecule has 0 bridgehead atoms. The summed E-state index contributed by atoms with van der Waals surface area (Å²) in [6.45, 7) is 1.17. The van der Waals surface area contributed by atoms with Crippen LogP contribution in [0, 0.1) is 0 Å². The standard InChI is InChI=1S/C12H16N2O2/c13-12(16)11-6-10(15)8-14(11)7-9-4-2-1-3-5-9/h1-5,10-11,15H,6-8H2,(H2,13,16)/t10-,11-/m1/s1. The third kappa shape index (κ3) is 2.40. The number of β-amino-alcohol motifs (C(OH)–C–C–N with tert-alkyl or cyclic N) is 1. The predicted octanol–water partition coefficient (Wildman–Crippen LogP) is 0.107. The van der Waals surface area contributed by atoms with Crippen LogP contribution in [0.4, 0.5) is 0 Å². The zero-order valence-corrected chi connectivity index (χ0v) is 9.04. The van der Waals surface area contributed by atoms with Gasteiger partial charge in [0.25, 0.3) is 0 Å². The van der Waals surface area contributed by atoms with Crippen LogP contribution in [0.2, 0.25) is 0 Å². The molecule has 1 heterocycles. The number of amides is 1. The SMILES string of the molecule is NC(=O)[C@H]1C[C@@H](O)CN1Cc1ccccc1. The highest BCUT2D eigenvalue weighted by molar-refractivity contribution is 5.80. The Kier molecular flexibility index (Phi) is 3.22. The van der Waals surface area contributed by atoms with Crippen molar-refractivity contribution in [2.75, 3.05) is 6.54 Å². The van der Waals surface area contributed by atoms with E-state index in [1.54, 1.807) is 0 Å². The Bertz CT molecular complexity index is 367. The third-order valence-electron chi connectivity index (χ3n) is 2.94. The van der Waals surface area contributed by atoms with Gasteiger partial charge in [-0.25, -0.2) is 0 Å². The van der Waals surface area contributed by atoms with Crippen molar-refractivity contribution in [3.63, 3.8) is 0 Å². The number of primary amides is 1. The summed E-state index contributed by atoms with van der Waals surface area (Å²) in [5.41, 5.74) is 6.44. The molecule has 3 N–H and O–H groups in total. The molecule has 2 atom stereocenters. The fourth-order valence-corrected chi connectivity index (χ4v) is 2.17. The Hall–Kier alpha value is -1.39. The first-order valence-electron chi connectivity index (χ1n) is 5.42. The lowest BCUT2D eigenvalue weighted by molar-refractivity contribution is -0.122. The van der Waals surface area contributed by atoms with Gasteiger partial charge in [-0.3, -0.25) is 9.69 Å². The Labute approximate surface area is 94.7 Å². The van der Waals surface area contributed by atoms with E-state index in [4.69, 9.17) is 5.73 Å². The molecular weight excluding hydrogens is 204 g/mol. The Morgan fingerprint density at radius 3 is 2.75 bits per heavy atom. The lowest BCUT2D eigenvalue weighted by Crippen LogP contribution is -2.39. The molecule has 1 aliphatic heterocycles. The summed E-state index contributed by atoms with van der Waals surface area (Å²) in [7, 11) is 0. The summed E-state index contributed by atoms with van der Waals surface area (Å²) in [6.07, 6.45) is 0.00327. The van der Waals surface area contributed by atoms with Gasteiger partial charge >= 0.3 is 0 Å². The molecule has 0 unspecified atom stereocenters. The summed E-state index contributed by atoms with van der Waals surface area (Å²) in [5, 5.41) is 9.55. The Morgan fingerprint density at radius 1 is 1.44 bits per heavy atom. The minimum Gasteiger partial charge on any atom is -0.392 e. The number of benzene rings is 1. The minimum absolute atomic E-state index is 0.338. The fraction of sp³-hybridized carbons (Fsp3) is 0.417. The van der Waals surface area contributed by atoms with E-state index in [2.05, 4.69) is 0 Å². The molecule has 1 aromatic rings. The van der Waals surface area contributed by atoms with Crippen LogP contribution in [-0.4, -0.2) is 34.6 Å². The van der Waals surface area contributed by atoms with Crippen molar-refractivity contribution in [3.8, 4) is 0 Å². The Balaban J connectivity index is 2.06. The summed E-state index contributed by atoms with van der Waals surface area (Å²) >= 11 is 0. The first kappa shape index (κ1) is 11.1.